The van der Waals surface area contributed by atoms with E-state index < -0.39 is 0 Å². The summed E-state index contributed by atoms with van der Waals surface area (Å²) in [6.45, 7) is 10.6. The molecule has 76 valence electrons. The van der Waals surface area contributed by atoms with Gasteiger partial charge in [-0.15, -0.1) is 0 Å². The molecule has 1 saturated heterocycles. The minimum Gasteiger partial charge on any atom is -0.298 e. The molecular formula is C11H21NO. The van der Waals surface area contributed by atoms with E-state index in [2.05, 4.69) is 25.7 Å². The monoisotopic (exact) mass is 183 g/mol. The molecule has 2 heteroatoms. The Balaban J connectivity index is 2.64. The molecule has 0 radical (unpaired) electrons. The van der Waals surface area contributed by atoms with E-state index >= 15 is 0 Å². The van der Waals surface area contributed by atoms with E-state index in [1.165, 1.54) is 0 Å². The van der Waals surface area contributed by atoms with Crippen LogP contribution in [-0.4, -0.2) is 29.8 Å². The summed E-state index contributed by atoms with van der Waals surface area (Å²) < 4.78 is 0. The van der Waals surface area contributed by atoms with Crippen molar-refractivity contribution in [2.24, 2.45) is 11.8 Å². The number of hydrogen-bond donors (Lipinski definition) is 0. The van der Waals surface area contributed by atoms with E-state index in [4.69, 9.17) is 0 Å². The fourth-order valence-electron chi connectivity index (χ4n) is 2.10. The number of piperidine rings is 1. The van der Waals surface area contributed by atoms with E-state index in [0.29, 0.717) is 11.7 Å². The summed E-state index contributed by atoms with van der Waals surface area (Å²) in [6, 6.07) is 0.145. The number of nitrogens with zero attached hydrogens (tertiary/aromatic N) is 1. The molecule has 1 fully saturated rings. The van der Waals surface area contributed by atoms with Crippen LogP contribution >= 0.6 is 0 Å². The lowest BCUT2D eigenvalue weighted by molar-refractivity contribution is -0.133. The summed E-state index contributed by atoms with van der Waals surface area (Å²) in [6.07, 6.45) is 1.14. The first-order valence-electron chi connectivity index (χ1n) is 5.35. The molecule has 2 nitrogen and oxygen atoms in total. The Hall–Kier alpha value is -0.370. The fourth-order valence-corrected chi connectivity index (χ4v) is 2.10. The van der Waals surface area contributed by atoms with Gasteiger partial charge in [0, 0.05) is 12.5 Å². The van der Waals surface area contributed by atoms with Gasteiger partial charge in [0.25, 0.3) is 0 Å². The molecule has 0 N–H and O–H groups in total. The smallest absolute Gasteiger partial charge is 0.152 e. The first-order chi connectivity index (χ1) is 6.07. The van der Waals surface area contributed by atoms with Crippen molar-refractivity contribution in [3.63, 3.8) is 0 Å². The number of hydrogen-bond acceptors (Lipinski definition) is 2. The Morgan fingerprint density at radius 3 is 2.54 bits per heavy atom. The fraction of sp³-hybridized carbons (Fsp3) is 0.909. The van der Waals surface area contributed by atoms with Crippen molar-refractivity contribution >= 4 is 5.78 Å². The molecule has 3 atom stereocenters. The Morgan fingerprint density at radius 1 is 1.38 bits per heavy atom. The minimum atomic E-state index is 0.145. The van der Waals surface area contributed by atoms with Gasteiger partial charge in [0.1, 0.15) is 0 Å². The van der Waals surface area contributed by atoms with Crippen LogP contribution in [0.25, 0.3) is 0 Å². The van der Waals surface area contributed by atoms with Crippen LogP contribution in [0.5, 0.6) is 0 Å². The largest absolute Gasteiger partial charge is 0.298 e. The highest BCUT2D eigenvalue weighted by Gasteiger charge is 2.34. The van der Waals surface area contributed by atoms with E-state index in [-0.39, 0.29) is 12.0 Å². The van der Waals surface area contributed by atoms with Gasteiger partial charge < -0.3 is 0 Å². The zero-order chi connectivity index (χ0) is 10.0. The molecule has 2 unspecified atom stereocenters. The molecule has 0 spiro atoms. The average molecular weight is 183 g/mol. The summed E-state index contributed by atoms with van der Waals surface area (Å²) in [5.74, 6) is 1.20. The molecule has 13 heavy (non-hydrogen) atoms. The number of rotatable bonds is 2. The maximum Gasteiger partial charge on any atom is 0.152 e. The van der Waals surface area contributed by atoms with Crippen molar-refractivity contribution < 1.29 is 4.79 Å². The number of carbonyl (C=O) groups is 1. The van der Waals surface area contributed by atoms with Crippen LogP contribution in [0, 0.1) is 11.8 Å². The third-order valence-electron chi connectivity index (χ3n) is 3.30. The SMILES string of the molecule is CCCN1CC(C)C(C)C(=O)[C@@H]1C. The topological polar surface area (TPSA) is 20.3 Å². The van der Waals surface area contributed by atoms with Gasteiger partial charge in [0.2, 0.25) is 0 Å². The van der Waals surface area contributed by atoms with Crippen LogP contribution in [0.15, 0.2) is 0 Å². The quantitative estimate of drug-likeness (QED) is 0.652. The molecular weight excluding hydrogens is 162 g/mol. The second-order valence-corrected chi connectivity index (χ2v) is 4.34. The van der Waals surface area contributed by atoms with E-state index in [0.717, 1.165) is 19.5 Å². The first kappa shape index (κ1) is 10.7. The van der Waals surface area contributed by atoms with E-state index in [1.807, 2.05) is 6.92 Å². The number of ketones is 1. The summed E-state index contributed by atoms with van der Waals surface area (Å²) >= 11 is 0. The summed E-state index contributed by atoms with van der Waals surface area (Å²) in [7, 11) is 0. The van der Waals surface area contributed by atoms with Crippen LogP contribution in [0.3, 0.4) is 0 Å². The molecule has 1 aliphatic rings. The normalized spacial score (nSPS) is 36.6. The molecule has 1 aliphatic heterocycles. The van der Waals surface area contributed by atoms with E-state index in [1.54, 1.807) is 0 Å². The maximum absolute atomic E-state index is 11.8. The highest BCUT2D eigenvalue weighted by atomic mass is 16.1. The van der Waals surface area contributed by atoms with Crippen LogP contribution in [0.4, 0.5) is 0 Å². The highest BCUT2D eigenvalue weighted by molar-refractivity contribution is 5.86. The van der Waals surface area contributed by atoms with Crippen LogP contribution in [0.1, 0.15) is 34.1 Å². The second-order valence-electron chi connectivity index (χ2n) is 4.34. The van der Waals surface area contributed by atoms with Crippen molar-refractivity contribution in [2.75, 3.05) is 13.1 Å². The Bertz CT molecular complexity index is 191. The summed E-state index contributed by atoms with van der Waals surface area (Å²) in [5, 5.41) is 0. The van der Waals surface area contributed by atoms with Gasteiger partial charge in [0.05, 0.1) is 6.04 Å². The van der Waals surface area contributed by atoms with Crippen molar-refractivity contribution in [2.45, 2.75) is 40.2 Å². The Morgan fingerprint density at radius 2 is 2.00 bits per heavy atom. The van der Waals surface area contributed by atoms with Crippen molar-refractivity contribution in [3.8, 4) is 0 Å². The third kappa shape index (κ3) is 2.11. The highest BCUT2D eigenvalue weighted by Crippen LogP contribution is 2.24. The Kier molecular flexibility index (Phi) is 3.48. The van der Waals surface area contributed by atoms with E-state index in [9.17, 15) is 4.79 Å². The average Bonchev–Trinajstić information content (AvgIpc) is 2.11. The van der Waals surface area contributed by atoms with Crippen molar-refractivity contribution in [3.05, 3.63) is 0 Å². The van der Waals surface area contributed by atoms with Gasteiger partial charge in [0.15, 0.2) is 5.78 Å². The minimum absolute atomic E-state index is 0.145. The number of likely N-dealkylation sites (tertiary alicyclic amines) is 1. The second kappa shape index (κ2) is 4.23. The summed E-state index contributed by atoms with van der Waals surface area (Å²) in [4.78, 5) is 14.1. The Labute approximate surface area is 81.3 Å². The van der Waals surface area contributed by atoms with Gasteiger partial charge in [-0.3, -0.25) is 9.69 Å². The van der Waals surface area contributed by atoms with Gasteiger partial charge in [-0.25, -0.2) is 0 Å². The van der Waals surface area contributed by atoms with Gasteiger partial charge in [-0.2, -0.15) is 0 Å². The predicted molar refractivity (Wildman–Crippen MR) is 54.7 cm³/mol. The molecule has 0 saturated carbocycles. The predicted octanol–water partition coefficient (Wildman–Crippen LogP) is 1.94. The van der Waals surface area contributed by atoms with Gasteiger partial charge >= 0.3 is 0 Å². The lowest BCUT2D eigenvalue weighted by Gasteiger charge is -2.39. The van der Waals surface area contributed by atoms with Gasteiger partial charge in [-0.1, -0.05) is 20.8 Å². The molecule has 0 aromatic carbocycles. The van der Waals surface area contributed by atoms with Crippen molar-refractivity contribution in [1.29, 1.82) is 0 Å². The van der Waals surface area contributed by atoms with Gasteiger partial charge in [-0.05, 0) is 25.8 Å². The van der Waals surface area contributed by atoms with Crippen LogP contribution in [0.2, 0.25) is 0 Å². The molecule has 1 heterocycles. The zero-order valence-electron chi connectivity index (χ0n) is 9.21. The first-order valence-corrected chi connectivity index (χ1v) is 5.35. The lowest BCUT2D eigenvalue weighted by atomic mass is 9.83. The number of Topliss-reactive ketones (excluding diaryl/α,β-unsaturated/α-hetero) is 1. The molecule has 0 amide bonds. The maximum atomic E-state index is 11.8. The zero-order valence-corrected chi connectivity index (χ0v) is 9.21. The lowest BCUT2D eigenvalue weighted by Crippen LogP contribution is -2.51. The molecule has 0 bridgehead atoms. The third-order valence-corrected chi connectivity index (χ3v) is 3.30. The number of carbonyl (C=O) groups excluding carboxylic acids is 1. The molecule has 0 aromatic heterocycles. The molecule has 1 rings (SSSR count). The molecule has 0 aromatic rings. The van der Waals surface area contributed by atoms with Crippen LogP contribution in [-0.2, 0) is 4.79 Å². The van der Waals surface area contributed by atoms with Crippen LogP contribution < -0.4 is 0 Å². The summed E-state index contributed by atoms with van der Waals surface area (Å²) in [5.41, 5.74) is 0. The van der Waals surface area contributed by atoms with Crippen molar-refractivity contribution in [1.82, 2.24) is 4.90 Å². The molecule has 0 aliphatic carbocycles. The standard InChI is InChI=1S/C11H21NO/c1-5-6-12-7-8(2)9(3)11(13)10(12)4/h8-10H,5-7H2,1-4H3/t8?,9?,10-/m0/s1.